The van der Waals surface area contributed by atoms with Gasteiger partial charge in [-0.15, -0.1) is 0 Å². The van der Waals surface area contributed by atoms with E-state index in [1.165, 1.54) is 0 Å². The average Bonchev–Trinajstić information content (AvgIpc) is 2.60. The van der Waals surface area contributed by atoms with Gasteiger partial charge in [0.15, 0.2) is 0 Å². The molecule has 2 aromatic rings. The third kappa shape index (κ3) is 5.97. The highest BCUT2D eigenvalue weighted by Gasteiger charge is 2.13. The number of hydrogen-bond donors (Lipinski definition) is 1. The Morgan fingerprint density at radius 1 is 1.00 bits per heavy atom. The van der Waals surface area contributed by atoms with Gasteiger partial charge in [0, 0.05) is 17.7 Å². The maximum atomic E-state index is 11.9. The minimum Gasteiger partial charge on any atom is -0.488 e. The first-order valence-electron chi connectivity index (χ1n) is 8.97. The van der Waals surface area contributed by atoms with Gasteiger partial charge in [-0.1, -0.05) is 24.0 Å². The molecule has 3 heteroatoms. The van der Waals surface area contributed by atoms with Gasteiger partial charge < -0.3 is 10.1 Å². The molecule has 1 unspecified atom stereocenters. The molecular weight excluding hydrogens is 322 g/mol. The number of nitrogens with one attached hydrogen (secondary N) is 1. The summed E-state index contributed by atoms with van der Waals surface area (Å²) in [6.45, 7) is 10.6. The smallest absolute Gasteiger partial charge is 0.227 e. The van der Waals surface area contributed by atoms with Crippen molar-refractivity contribution in [2.75, 3.05) is 6.54 Å². The number of rotatable bonds is 4. The highest BCUT2D eigenvalue weighted by molar-refractivity contribution is 5.83. The maximum Gasteiger partial charge on any atom is 0.227 e. The molecule has 0 aliphatic heterocycles. The molecule has 1 N–H and O–H groups in total. The molecule has 0 bridgehead atoms. The fourth-order valence-electron chi connectivity index (χ4n) is 2.44. The van der Waals surface area contributed by atoms with Crippen LogP contribution in [0.5, 0.6) is 5.75 Å². The topological polar surface area (TPSA) is 38.3 Å². The monoisotopic (exact) mass is 349 g/mol. The predicted octanol–water partition coefficient (Wildman–Crippen LogP) is 4.50. The molecule has 1 amide bonds. The molecule has 0 aliphatic carbocycles. The van der Waals surface area contributed by atoms with Crippen LogP contribution in [0.15, 0.2) is 48.5 Å². The molecule has 0 fully saturated rings. The van der Waals surface area contributed by atoms with Crippen molar-refractivity contribution in [2.45, 2.75) is 46.1 Å². The van der Waals surface area contributed by atoms with E-state index >= 15 is 0 Å². The molecular formula is C23H27NO2. The van der Waals surface area contributed by atoms with Crippen molar-refractivity contribution in [2.24, 2.45) is 0 Å². The van der Waals surface area contributed by atoms with Crippen LogP contribution in [0.25, 0.3) is 0 Å². The van der Waals surface area contributed by atoms with Crippen LogP contribution >= 0.6 is 0 Å². The summed E-state index contributed by atoms with van der Waals surface area (Å²) in [4.78, 5) is 11.9. The molecule has 0 saturated heterocycles. The fraction of sp³-hybridized carbons (Fsp3) is 0.348. The van der Waals surface area contributed by atoms with Gasteiger partial charge in [-0.25, -0.2) is 0 Å². The summed E-state index contributed by atoms with van der Waals surface area (Å²) < 4.78 is 5.81. The molecule has 2 rings (SSSR count). The molecule has 0 aromatic heterocycles. The quantitative estimate of drug-likeness (QED) is 0.825. The molecule has 0 saturated carbocycles. The Labute approximate surface area is 156 Å². The molecule has 2 aromatic carbocycles. The summed E-state index contributed by atoms with van der Waals surface area (Å²) in [5.41, 5.74) is 2.64. The van der Waals surface area contributed by atoms with E-state index in [9.17, 15) is 4.79 Å². The zero-order valence-electron chi connectivity index (χ0n) is 16.2. The van der Waals surface area contributed by atoms with E-state index in [4.69, 9.17) is 4.74 Å². The summed E-state index contributed by atoms with van der Waals surface area (Å²) in [5, 5.41) is 2.85. The van der Waals surface area contributed by atoms with Crippen LogP contribution in [0.3, 0.4) is 0 Å². The zero-order valence-corrected chi connectivity index (χ0v) is 16.2. The standard InChI is InChI=1S/C23H27NO2/c1-6-24-22(25)17(2)20-13-9-18(10-14-20)7-8-19-11-15-21(16-12-19)26-23(3,4)5/h9-17H,6H2,1-5H3,(H,24,25). The lowest BCUT2D eigenvalue weighted by atomic mass is 9.99. The molecule has 0 spiro atoms. The first-order chi connectivity index (χ1) is 12.3. The van der Waals surface area contributed by atoms with Crippen molar-refractivity contribution >= 4 is 5.91 Å². The number of likely N-dealkylation sites (N-methyl/N-ethyl adjacent to an activating group) is 1. The number of hydrogen-bond acceptors (Lipinski definition) is 2. The number of carbonyl (C=O) groups excluding carboxylic acids is 1. The third-order valence-corrected chi connectivity index (χ3v) is 3.78. The van der Waals surface area contributed by atoms with Crippen molar-refractivity contribution < 1.29 is 9.53 Å². The first kappa shape index (κ1) is 19.6. The van der Waals surface area contributed by atoms with E-state index in [0.717, 1.165) is 22.4 Å². The van der Waals surface area contributed by atoms with E-state index < -0.39 is 0 Å². The lowest BCUT2D eigenvalue weighted by molar-refractivity contribution is -0.122. The summed E-state index contributed by atoms with van der Waals surface area (Å²) in [5.74, 6) is 7.04. The average molecular weight is 349 g/mol. The molecule has 136 valence electrons. The number of carbonyl (C=O) groups is 1. The second-order valence-electron chi connectivity index (χ2n) is 7.23. The third-order valence-electron chi connectivity index (χ3n) is 3.78. The maximum absolute atomic E-state index is 11.9. The van der Waals surface area contributed by atoms with Gasteiger partial charge in [0.25, 0.3) is 0 Å². The van der Waals surface area contributed by atoms with Crippen molar-refractivity contribution in [1.82, 2.24) is 5.32 Å². The summed E-state index contributed by atoms with van der Waals surface area (Å²) in [6.07, 6.45) is 0. The van der Waals surface area contributed by atoms with E-state index in [-0.39, 0.29) is 17.4 Å². The largest absolute Gasteiger partial charge is 0.488 e. The predicted molar refractivity (Wildman–Crippen MR) is 106 cm³/mol. The van der Waals surface area contributed by atoms with Gasteiger partial charge in [0.1, 0.15) is 11.4 Å². The van der Waals surface area contributed by atoms with Crippen molar-refractivity contribution in [3.8, 4) is 17.6 Å². The number of benzene rings is 2. The summed E-state index contributed by atoms with van der Waals surface area (Å²) >= 11 is 0. The second kappa shape index (κ2) is 8.58. The molecule has 26 heavy (non-hydrogen) atoms. The molecule has 0 aliphatic rings. The SMILES string of the molecule is CCNC(=O)C(C)c1ccc(C#Cc2ccc(OC(C)(C)C)cc2)cc1. The summed E-state index contributed by atoms with van der Waals surface area (Å²) in [6, 6.07) is 15.6. The fourth-order valence-corrected chi connectivity index (χ4v) is 2.44. The van der Waals surface area contributed by atoms with Gasteiger partial charge in [0.05, 0.1) is 5.92 Å². The van der Waals surface area contributed by atoms with E-state index in [1.54, 1.807) is 0 Å². The van der Waals surface area contributed by atoms with Crippen molar-refractivity contribution in [1.29, 1.82) is 0 Å². The van der Waals surface area contributed by atoms with Gasteiger partial charge >= 0.3 is 0 Å². The van der Waals surface area contributed by atoms with Gasteiger partial charge in [-0.05, 0) is 76.6 Å². The van der Waals surface area contributed by atoms with Gasteiger partial charge in [0.2, 0.25) is 5.91 Å². The molecule has 1 atom stereocenters. The van der Waals surface area contributed by atoms with E-state index in [2.05, 4.69) is 17.2 Å². The zero-order chi connectivity index (χ0) is 19.2. The van der Waals surface area contributed by atoms with Crippen LogP contribution in [0.2, 0.25) is 0 Å². The minimum absolute atomic E-state index is 0.0453. The Morgan fingerprint density at radius 3 is 1.96 bits per heavy atom. The van der Waals surface area contributed by atoms with Crippen LogP contribution < -0.4 is 10.1 Å². The highest BCUT2D eigenvalue weighted by Crippen LogP contribution is 2.18. The molecule has 0 radical (unpaired) electrons. The second-order valence-corrected chi connectivity index (χ2v) is 7.23. The van der Waals surface area contributed by atoms with Crippen LogP contribution in [0, 0.1) is 11.8 Å². The van der Waals surface area contributed by atoms with Crippen LogP contribution in [0.4, 0.5) is 0 Å². The Morgan fingerprint density at radius 2 is 1.50 bits per heavy atom. The normalized spacial score (nSPS) is 11.9. The van der Waals surface area contributed by atoms with Crippen LogP contribution in [-0.4, -0.2) is 18.1 Å². The van der Waals surface area contributed by atoms with Crippen LogP contribution in [-0.2, 0) is 4.79 Å². The highest BCUT2D eigenvalue weighted by atomic mass is 16.5. The number of ether oxygens (including phenoxy) is 1. The molecule has 3 nitrogen and oxygen atoms in total. The Hall–Kier alpha value is -2.73. The Balaban J connectivity index is 2.05. The lowest BCUT2D eigenvalue weighted by Gasteiger charge is -2.21. The Kier molecular flexibility index (Phi) is 6.46. The number of amides is 1. The molecule has 0 heterocycles. The van der Waals surface area contributed by atoms with Gasteiger partial charge in [-0.3, -0.25) is 4.79 Å². The van der Waals surface area contributed by atoms with Crippen molar-refractivity contribution in [3.05, 3.63) is 65.2 Å². The Bertz CT molecular complexity index is 787. The lowest BCUT2D eigenvalue weighted by Crippen LogP contribution is -2.27. The summed E-state index contributed by atoms with van der Waals surface area (Å²) in [7, 11) is 0. The van der Waals surface area contributed by atoms with E-state index in [1.807, 2.05) is 83.1 Å². The first-order valence-corrected chi connectivity index (χ1v) is 8.97. The van der Waals surface area contributed by atoms with Gasteiger partial charge in [-0.2, -0.15) is 0 Å². The van der Waals surface area contributed by atoms with Crippen LogP contribution in [0.1, 0.15) is 57.2 Å². The minimum atomic E-state index is -0.208. The van der Waals surface area contributed by atoms with Crippen molar-refractivity contribution in [3.63, 3.8) is 0 Å². The van der Waals surface area contributed by atoms with E-state index in [0.29, 0.717) is 6.54 Å².